The highest BCUT2D eigenvalue weighted by Gasteiger charge is 2.22. The minimum Gasteiger partial charge on any atom is -0.396 e. The molecule has 0 amide bonds. The first kappa shape index (κ1) is 18.4. The summed E-state index contributed by atoms with van der Waals surface area (Å²) < 4.78 is 40.2. The number of aliphatic hydroxyl groups excluding tert-OH is 1. The van der Waals surface area contributed by atoms with Crippen LogP contribution in [0.1, 0.15) is 29.0 Å². The van der Waals surface area contributed by atoms with Crippen molar-refractivity contribution >= 4 is 26.6 Å². The van der Waals surface area contributed by atoms with Gasteiger partial charge >= 0.3 is 0 Å². The Morgan fingerprint density at radius 2 is 2.00 bits per heavy atom. The number of aliphatic hydroxyl groups is 1. The molecule has 0 radical (unpaired) electrons. The molecule has 1 heterocycles. The Morgan fingerprint density at radius 1 is 1.23 bits per heavy atom. The van der Waals surface area contributed by atoms with Crippen molar-refractivity contribution in [2.45, 2.75) is 19.3 Å². The van der Waals surface area contributed by atoms with Gasteiger partial charge < -0.3 is 10.1 Å². The molecule has 3 aromatic rings. The number of aromatic nitrogens is 1. The number of H-pyrrole nitrogens is 1. The molecule has 1 atom stereocenters. The van der Waals surface area contributed by atoms with Crippen LogP contribution in [0.2, 0.25) is 0 Å². The largest absolute Gasteiger partial charge is 0.396 e. The van der Waals surface area contributed by atoms with Crippen molar-refractivity contribution in [3.05, 3.63) is 65.1 Å². The van der Waals surface area contributed by atoms with Crippen LogP contribution in [0.5, 0.6) is 0 Å². The van der Waals surface area contributed by atoms with Crippen LogP contribution in [-0.4, -0.2) is 31.4 Å². The number of anilines is 1. The normalized spacial score (nSPS) is 13.1. The first-order chi connectivity index (χ1) is 12.3. The molecule has 3 rings (SSSR count). The maximum absolute atomic E-state index is 14.5. The van der Waals surface area contributed by atoms with E-state index in [4.69, 9.17) is 0 Å². The Labute approximate surface area is 151 Å². The average Bonchev–Trinajstić information content (AvgIpc) is 2.97. The summed E-state index contributed by atoms with van der Waals surface area (Å²) in [5, 5.41) is 10.3. The van der Waals surface area contributed by atoms with Gasteiger partial charge in [-0.2, -0.15) is 0 Å². The first-order valence-corrected chi connectivity index (χ1v) is 10.1. The number of aromatic amines is 1. The van der Waals surface area contributed by atoms with Crippen LogP contribution in [-0.2, 0) is 10.0 Å². The molecule has 0 spiro atoms. The molecule has 1 aromatic heterocycles. The summed E-state index contributed by atoms with van der Waals surface area (Å²) in [5.74, 6) is -0.661. The smallest absolute Gasteiger partial charge is 0.229 e. The van der Waals surface area contributed by atoms with Gasteiger partial charge in [-0.25, -0.2) is 12.8 Å². The number of para-hydroxylation sites is 1. The van der Waals surface area contributed by atoms with Gasteiger partial charge in [0.1, 0.15) is 5.82 Å². The van der Waals surface area contributed by atoms with E-state index in [1.165, 1.54) is 6.07 Å². The number of hydrogen-bond acceptors (Lipinski definition) is 3. The Hall–Kier alpha value is -2.38. The predicted octanol–water partition coefficient (Wildman–Crippen LogP) is 3.50. The number of halogens is 1. The van der Waals surface area contributed by atoms with E-state index < -0.39 is 10.0 Å². The van der Waals surface area contributed by atoms with E-state index in [1.54, 1.807) is 24.4 Å². The number of hydrogen-bond donors (Lipinski definition) is 3. The highest BCUT2D eigenvalue weighted by molar-refractivity contribution is 7.92. The molecule has 3 N–H and O–H groups in total. The van der Waals surface area contributed by atoms with Crippen LogP contribution in [0.3, 0.4) is 0 Å². The summed E-state index contributed by atoms with van der Waals surface area (Å²) >= 11 is 0. The molecule has 0 saturated carbocycles. The van der Waals surface area contributed by atoms with E-state index in [9.17, 15) is 17.9 Å². The molecule has 0 fully saturated rings. The van der Waals surface area contributed by atoms with Crippen LogP contribution in [0.25, 0.3) is 10.9 Å². The fraction of sp³-hybridized carbons (Fsp3) is 0.263. The summed E-state index contributed by atoms with van der Waals surface area (Å²) in [5.41, 5.74) is 3.21. The van der Waals surface area contributed by atoms with Crippen LogP contribution < -0.4 is 4.72 Å². The number of sulfonamides is 1. The lowest BCUT2D eigenvalue weighted by Gasteiger charge is -2.17. The number of rotatable bonds is 6. The third-order valence-electron chi connectivity index (χ3n) is 4.37. The SMILES string of the molecule is Cc1ccc(C(CCO)c2c[nH]c3c(NS(C)(=O)=O)cccc23)c(F)c1. The summed E-state index contributed by atoms with van der Waals surface area (Å²) in [6.07, 6.45) is 3.19. The summed E-state index contributed by atoms with van der Waals surface area (Å²) in [7, 11) is -3.42. The molecule has 0 saturated heterocycles. The van der Waals surface area contributed by atoms with Crippen molar-refractivity contribution in [2.24, 2.45) is 0 Å². The zero-order chi connectivity index (χ0) is 18.9. The summed E-state index contributed by atoms with van der Waals surface area (Å²) in [4.78, 5) is 3.09. The summed E-state index contributed by atoms with van der Waals surface area (Å²) in [6, 6.07) is 10.3. The quantitative estimate of drug-likeness (QED) is 0.616. The monoisotopic (exact) mass is 376 g/mol. The predicted molar refractivity (Wildman–Crippen MR) is 101 cm³/mol. The molecule has 0 aliphatic carbocycles. The van der Waals surface area contributed by atoms with Gasteiger partial charge in [-0.1, -0.05) is 24.3 Å². The van der Waals surface area contributed by atoms with Crippen molar-refractivity contribution in [1.82, 2.24) is 4.98 Å². The number of nitrogens with one attached hydrogen (secondary N) is 2. The molecule has 0 aliphatic rings. The van der Waals surface area contributed by atoms with Gasteiger partial charge in [-0.15, -0.1) is 0 Å². The van der Waals surface area contributed by atoms with Crippen LogP contribution >= 0.6 is 0 Å². The van der Waals surface area contributed by atoms with Gasteiger partial charge in [0, 0.05) is 24.1 Å². The highest BCUT2D eigenvalue weighted by Crippen LogP contribution is 2.36. The van der Waals surface area contributed by atoms with Gasteiger partial charge in [0.15, 0.2) is 0 Å². The topological polar surface area (TPSA) is 82.2 Å². The van der Waals surface area contributed by atoms with E-state index >= 15 is 0 Å². The van der Waals surface area contributed by atoms with E-state index in [2.05, 4.69) is 9.71 Å². The molecule has 1 unspecified atom stereocenters. The second-order valence-electron chi connectivity index (χ2n) is 6.44. The molecule has 138 valence electrons. The maximum atomic E-state index is 14.5. The number of fused-ring (bicyclic) bond motifs is 1. The van der Waals surface area contributed by atoms with Gasteiger partial charge in [0.2, 0.25) is 10.0 Å². The highest BCUT2D eigenvalue weighted by atomic mass is 32.2. The van der Waals surface area contributed by atoms with Crippen molar-refractivity contribution in [1.29, 1.82) is 0 Å². The molecule has 26 heavy (non-hydrogen) atoms. The van der Waals surface area contributed by atoms with Crippen molar-refractivity contribution in [2.75, 3.05) is 17.6 Å². The first-order valence-electron chi connectivity index (χ1n) is 8.25. The number of benzene rings is 2. The Balaban J connectivity index is 2.14. The van der Waals surface area contributed by atoms with Crippen molar-refractivity contribution < 1.29 is 17.9 Å². The Bertz CT molecular complexity index is 1040. The molecular formula is C19H21FN2O3S. The van der Waals surface area contributed by atoms with Crippen LogP contribution in [0.4, 0.5) is 10.1 Å². The van der Waals surface area contributed by atoms with E-state index in [1.807, 2.05) is 19.1 Å². The van der Waals surface area contributed by atoms with Crippen molar-refractivity contribution in [3.8, 4) is 0 Å². The molecule has 0 aliphatic heterocycles. The third kappa shape index (κ3) is 3.73. The lowest BCUT2D eigenvalue weighted by Crippen LogP contribution is -2.10. The number of aryl methyl sites for hydroxylation is 1. The van der Waals surface area contributed by atoms with Gasteiger partial charge in [-0.3, -0.25) is 4.72 Å². The molecule has 0 bridgehead atoms. The lowest BCUT2D eigenvalue weighted by molar-refractivity contribution is 0.281. The second kappa shape index (κ2) is 7.09. The van der Waals surface area contributed by atoms with E-state index in [0.717, 1.165) is 22.8 Å². The van der Waals surface area contributed by atoms with E-state index in [-0.39, 0.29) is 18.3 Å². The molecule has 7 heteroatoms. The Kier molecular flexibility index (Phi) is 5.02. The summed E-state index contributed by atoms with van der Waals surface area (Å²) in [6.45, 7) is 1.73. The second-order valence-corrected chi connectivity index (χ2v) is 8.18. The fourth-order valence-electron chi connectivity index (χ4n) is 3.27. The maximum Gasteiger partial charge on any atom is 0.229 e. The van der Waals surface area contributed by atoms with E-state index in [0.29, 0.717) is 23.2 Å². The third-order valence-corrected chi connectivity index (χ3v) is 4.96. The molecule has 2 aromatic carbocycles. The van der Waals surface area contributed by atoms with Crippen LogP contribution in [0, 0.1) is 12.7 Å². The van der Waals surface area contributed by atoms with Crippen molar-refractivity contribution in [3.63, 3.8) is 0 Å². The van der Waals surface area contributed by atoms with Gasteiger partial charge in [0.25, 0.3) is 0 Å². The minimum absolute atomic E-state index is 0.0913. The minimum atomic E-state index is -3.42. The molecule has 5 nitrogen and oxygen atoms in total. The zero-order valence-corrected chi connectivity index (χ0v) is 15.4. The molecular weight excluding hydrogens is 355 g/mol. The van der Waals surface area contributed by atoms with Gasteiger partial charge in [-0.05, 0) is 42.2 Å². The standard InChI is InChI=1S/C19H21FN2O3S/c1-12-6-7-14(17(20)10-12)13(8-9-23)16-11-21-19-15(16)4-3-5-18(19)22-26(2,24)25/h3-7,10-11,13,21-23H,8-9H2,1-2H3. The van der Waals surface area contributed by atoms with Gasteiger partial charge in [0.05, 0.1) is 17.5 Å². The average molecular weight is 376 g/mol. The Morgan fingerprint density at radius 3 is 2.65 bits per heavy atom. The lowest BCUT2D eigenvalue weighted by atomic mass is 9.87. The fourth-order valence-corrected chi connectivity index (χ4v) is 3.84. The zero-order valence-electron chi connectivity index (χ0n) is 14.6. The van der Waals surface area contributed by atoms with Crippen LogP contribution in [0.15, 0.2) is 42.6 Å².